The summed E-state index contributed by atoms with van der Waals surface area (Å²) in [4.78, 5) is -0.329. The molecule has 0 bridgehead atoms. The van der Waals surface area contributed by atoms with Crippen molar-refractivity contribution in [2.24, 2.45) is 0 Å². The lowest BCUT2D eigenvalue weighted by atomic mass is 10.2. The zero-order valence-electron chi connectivity index (χ0n) is 9.81. The molecule has 19 heavy (non-hydrogen) atoms. The lowest BCUT2D eigenvalue weighted by Crippen LogP contribution is -2.07. The summed E-state index contributed by atoms with van der Waals surface area (Å²) in [6.45, 7) is 0. The van der Waals surface area contributed by atoms with Crippen molar-refractivity contribution in [1.82, 2.24) is 0 Å². The van der Waals surface area contributed by atoms with E-state index in [1.165, 1.54) is 12.1 Å². The van der Waals surface area contributed by atoms with E-state index >= 15 is 0 Å². The molecule has 2 aromatic carbocycles. The normalized spacial score (nSPS) is 11.5. The first kappa shape index (κ1) is 14.0. The van der Waals surface area contributed by atoms with Gasteiger partial charge in [0, 0.05) is 10.2 Å². The van der Waals surface area contributed by atoms with Gasteiger partial charge in [-0.3, -0.25) is 0 Å². The highest BCUT2D eigenvalue weighted by Gasteiger charge is 2.19. The molecule has 0 radical (unpaired) electrons. The molecular weight excluding hydrogens is 333 g/mol. The molecule has 0 saturated heterocycles. The third-order valence-corrected chi connectivity index (χ3v) is 4.80. The molecule has 0 heterocycles. The van der Waals surface area contributed by atoms with E-state index in [1.54, 1.807) is 24.3 Å². The molecule has 100 valence electrons. The van der Waals surface area contributed by atoms with Gasteiger partial charge >= 0.3 is 0 Å². The molecule has 0 atom stereocenters. The van der Waals surface area contributed by atoms with Gasteiger partial charge in [0.2, 0.25) is 0 Å². The van der Waals surface area contributed by atoms with Crippen molar-refractivity contribution >= 4 is 31.5 Å². The van der Waals surface area contributed by atoms with E-state index in [4.69, 9.17) is 5.73 Å². The smallest absolute Gasteiger partial charge is 0.185 e. The summed E-state index contributed by atoms with van der Waals surface area (Å²) in [5.41, 5.74) is 6.19. The van der Waals surface area contributed by atoms with Gasteiger partial charge in [-0.2, -0.15) is 0 Å². The number of hydrogen-bond donors (Lipinski definition) is 1. The van der Waals surface area contributed by atoms with E-state index in [0.29, 0.717) is 5.56 Å². The summed E-state index contributed by atoms with van der Waals surface area (Å²) in [6, 6.07) is 10.4. The molecule has 0 unspecified atom stereocenters. The molecule has 0 saturated carbocycles. The Balaban J connectivity index is 2.35. The highest BCUT2D eigenvalue weighted by molar-refractivity contribution is 9.10. The Hall–Kier alpha value is -1.40. The second kappa shape index (κ2) is 5.30. The van der Waals surface area contributed by atoms with E-state index in [-0.39, 0.29) is 16.3 Å². The number of sulfone groups is 1. The van der Waals surface area contributed by atoms with Crippen LogP contribution in [0.4, 0.5) is 10.1 Å². The molecule has 0 amide bonds. The van der Waals surface area contributed by atoms with E-state index < -0.39 is 15.7 Å². The summed E-state index contributed by atoms with van der Waals surface area (Å²) in [6.07, 6.45) is 0. The minimum Gasteiger partial charge on any atom is -0.399 e. The monoisotopic (exact) mass is 343 g/mol. The van der Waals surface area contributed by atoms with Crippen molar-refractivity contribution in [3.63, 3.8) is 0 Å². The molecule has 3 nitrogen and oxygen atoms in total. The van der Waals surface area contributed by atoms with Crippen LogP contribution in [-0.2, 0) is 15.6 Å². The van der Waals surface area contributed by atoms with Gasteiger partial charge in [-0.1, -0.05) is 28.1 Å². The molecule has 0 spiro atoms. The van der Waals surface area contributed by atoms with Gasteiger partial charge in [0.15, 0.2) is 9.84 Å². The van der Waals surface area contributed by atoms with Crippen LogP contribution < -0.4 is 5.73 Å². The molecule has 2 rings (SSSR count). The first-order valence-corrected chi connectivity index (χ1v) is 7.85. The van der Waals surface area contributed by atoms with Gasteiger partial charge in [0.25, 0.3) is 0 Å². The van der Waals surface area contributed by atoms with Crippen LogP contribution in [-0.4, -0.2) is 8.42 Å². The van der Waals surface area contributed by atoms with Crippen molar-refractivity contribution in [3.8, 4) is 0 Å². The summed E-state index contributed by atoms with van der Waals surface area (Å²) in [7, 11) is -3.72. The number of nitrogens with two attached hydrogens (primary N) is 1. The standard InChI is InChI=1S/C13H11BrFNO2S/c14-10-3-1-9(2-4-10)8-19(17,18)13-6-5-11(16)7-12(13)15/h1-7H,8,16H2. The molecule has 0 aliphatic carbocycles. The maximum atomic E-state index is 13.6. The Kier molecular flexibility index (Phi) is 3.91. The summed E-state index contributed by atoms with van der Waals surface area (Å²) in [5, 5.41) is 0. The van der Waals surface area contributed by atoms with E-state index in [1.807, 2.05) is 0 Å². The van der Waals surface area contributed by atoms with Crippen molar-refractivity contribution in [2.45, 2.75) is 10.6 Å². The average Bonchev–Trinajstić information content (AvgIpc) is 2.31. The quantitative estimate of drug-likeness (QED) is 0.871. The van der Waals surface area contributed by atoms with Crippen LogP contribution in [0.5, 0.6) is 0 Å². The lowest BCUT2D eigenvalue weighted by molar-refractivity contribution is 0.567. The molecule has 2 N–H and O–H groups in total. The summed E-state index contributed by atoms with van der Waals surface area (Å²) in [5.74, 6) is -1.07. The maximum absolute atomic E-state index is 13.6. The SMILES string of the molecule is Nc1ccc(S(=O)(=O)Cc2ccc(Br)cc2)c(F)c1. The minimum absolute atomic E-state index is 0.195. The van der Waals surface area contributed by atoms with Crippen LogP contribution in [0.2, 0.25) is 0 Å². The van der Waals surface area contributed by atoms with Crippen LogP contribution in [0.25, 0.3) is 0 Å². The predicted molar refractivity (Wildman–Crippen MR) is 75.8 cm³/mol. The number of halogens is 2. The van der Waals surface area contributed by atoms with Gasteiger partial charge in [-0.05, 0) is 35.9 Å². The van der Waals surface area contributed by atoms with Gasteiger partial charge in [0.1, 0.15) is 10.7 Å². The van der Waals surface area contributed by atoms with Gasteiger partial charge in [0.05, 0.1) is 5.75 Å². The summed E-state index contributed by atoms with van der Waals surface area (Å²) >= 11 is 3.27. The Morgan fingerprint density at radius 1 is 1.11 bits per heavy atom. The molecular formula is C13H11BrFNO2S. The van der Waals surface area contributed by atoms with Crippen LogP contribution in [0.1, 0.15) is 5.56 Å². The zero-order valence-corrected chi connectivity index (χ0v) is 12.2. The van der Waals surface area contributed by atoms with Crippen molar-refractivity contribution in [2.75, 3.05) is 5.73 Å². The maximum Gasteiger partial charge on any atom is 0.185 e. The molecule has 0 aliphatic rings. The van der Waals surface area contributed by atoms with Crippen LogP contribution in [0, 0.1) is 5.82 Å². The van der Waals surface area contributed by atoms with Gasteiger partial charge < -0.3 is 5.73 Å². The summed E-state index contributed by atoms with van der Waals surface area (Å²) < 4.78 is 38.8. The highest BCUT2D eigenvalue weighted by Crippen LogP contribution is 2.22. The largest absolute Gasteiger partial charge is 0.399 e. The topological polar surface area (TPSA) is 60.2 Å². The fraction of sp³-hybridized carbons (Fsp3) is 0.0769. The third kappa shape index (κ3) is 3.33. The molecule has 0 fully saturated rings. The Morgan fingerprint density at radius 2 is 1.74 bits per heavy atom. The number of rotatable bonds is 3. The fourth-order valence-electron chi connectivity index (χ4n) is 1.65. The molecule has 0 aliphatic heterocycles. The van der Waals surface area contributed by atoms with E-state index in [9.17, 15) is 12.8 Å². The first-order valence-electron chi connectivity index (χ1n) is 5.41. The number of hydrogen-bond acceptors (Lipinski definition) is 3. The molecule has 2 aromatic rings. The number of anilines is 1. The van der Waals surface area contributed by atoms with Crippen LogP contribution in [0.3, 0.4) is 0 Å². The average molecular weight is 344 g/mol. The highest BCUT2D eigenvalue weighted by atomic mass is 79.9. The van der Waals surface area contributed by atoms with Gasteiger partial charge in [-0.15, -0.1) is 0 Å². The third-order valence-electron chi connectivity index (χ3n) is 2.56. The fourth-order valence-corrected chi connectivity index (χ4v) is 3.33. The lowest BCUT2D eigenvalue weighted by Gasteiger charge is -2.06. The second-order valence-corrected chi connectivity index (χ2v) is 6.95. The second-order valence-electron chi connectivity index (χ2n) is 4.08. The Bertz CT molecular complexity index is 699. The van der Waals surface area contributed by atoms with Gasteiger partial charge in [-0.25, -0.2) is 12.8 Å². The van der Waals surface area contributed by atoms with E-state index in [0.717, 1.165) is 10.5 Å². The number of benzene rings is 2. The van der Waals surface area contributed by atoms with Crippen LogP contribution in [0.15, 0.2) is 51.8 Å². The van der Waals surface area contributed by atoms with Crippen molar-refractivity contribution in [3.05, 3.63) is 58.3 Å². The zero-order chi connectivity index (χ0) is 14.0. The Morgan fingerprint density at radius 3 is 2.32 bits per heavy atom. The predicted octanol–water partition coefficient (Wildman–Crippen LogP) is 3.14. The minimum atomic E-state index is -3.72. The Labute approximate surface area is 119 Å². The molecule has 6 heteroatoms. The molecule has 0 aromatic heterocycles. The van der Waals surface area contributed by atoms with Crippen LogP contribution >= 0.6 is 15.9 Å². The van der Waals surface area contributed by atoms with Crippen molar-refractivity contribution < 1.29 is 12.8 Å². The first-order chi connectivity index (χ1) is 8.88. The van der Waals surface area contributed by atoms with Crippen molar-refractivity contribution in [1.29, 1.82) is 0 Å². The number of nitrogen functional groups attached to an aromatic ring is 1. The van der Waals surface area contributed by atoms with E-state index in [2.05, 4.69) is 15.9 Å².